The van der Waals surface area contributed by atoms with E-state index < -0.39 is 5.97 Å². The van der Waals surface area contributed by atoms with Crippen LogP contribution in [0.5, 0.6) is 0 Å². The van der Waals surface area contributed by atoms with Crippen molar-refractivity contribution in [2.24, 2.45) is 5.92 Å². The Hall–Kier alpha value is -2.03. The average molecular weight is 265 g/mol. The number of likely N-dealkylation sites (tertiary alicyclic amines) is 1. The number of carbonyl (C=O) groups is 2. The van der Waals surface area contributed by atoms with Crippen LogP contribution in [-0.2, 0) is 9.59 Å². The molecular weight excluding hydrogens is 246 g/mol. The molecule has 0 bridgehead atoms. The van der Waals surface area contributed by atoms with Crippen LogP contribution >= 0.6 is 0 Å². The van der Waals surface area contributed by atoms with Gasteiger partial charge in [-0.15, -0.1) is 0 Å². The third-order valence-electron chi connectivity index (χ3n) is 3.12. The van der Waals surface area contributed by atoms with Gasteiger partial charge < -0.3 is 15.3 Å². The number of carboxylic acid groups (broad SMARTS) is 1. The second-order valence-corrected chi connectivity index (χ2v) is 4.53. The smallest absolute Gasteiger partial charge is 0.306 e. The highest BCUT2D eigenvalue weighted by Crippen LogP contribution is 2.18. The molecule has 0 aliphatic carbocycles. The molecule has 1 aliphatic heterocycles. The molecule has 1 fully saturated rings. The molecule has 1 amide bonds. The van der Waals surface area contributed by atoms with Gasteiger partial charge in [-0.3, -0.25) is 9.59 Å². The topological polar surface area (TPSA) is 93.4 Å². The molecule has 0 aromatic carbocycles. The van der Waals surface area contributed by atoms with Gasteiger partial charge in [0.25, 0.3) is 5.91 Å². The zero-order chi connectivity index (χ0) is 14.3. The van der Waals surface area contributed by atoms with Crippen LogP contribution in [0.25, 0.3) is 0 Å². The molecule has 1 rings (SSSR count). The summed E-state index contributed by atoms with van der Waals surface area (Å²) in [5.41, 5.74) is 0.0715. The Kier molecular flexibility index (Phi) is 5.86. The van der Waals surface area contributed by atoms with E-state index in [1.54, 1.807) is 4.90 Å². The van der Waals surface area contributed by atoms with Gasteiger partial charge in [-0.1, -0.05) is 6.92 Å². The first kappa shape index (κ1) is 15.0. The van der Waals surface area contributed by atoms with E-state index in [0.717, 1.165) is 6.42 Å². The summed E-state index contributed by atoms with van der Waals surface area (Å²) in [5.74, 6) is -1.51. The quantitative estimate of drug-likeness (QED) is 0.434. The number of nitrogens with zero attached hydrogens (tertiary/aromatic N) is 2. The van der Waals surface area contributed by atoms with E-state index in [1.165, 1.54) is 6.20 Å². The number of carboxylic acids is 1. The number of aliphatic carboxylic acids is 1. The standard InChI is InChI=1S/C13H19N3O3/c1-2-5-15-9-11(8-14)12(17)16-6-3-10(4-7-16)13(18)19/h9-10,15H,2-7H2,1H3,(H,18,19)/b11-9-. The lowest BCUT2D eigenvalue weighted by atomic mass is 9.97. The molecule has 6 nitrogen and oxygen atoms in total. The van der Waals surface area contributed by atoms with Crippen LogP contribution in [0.4, 0.5) is 0 Å². The fourth-order valence-electron chi connectivity index (χ4n) is 1.96. The lowest BCUT2D eigenvalue weighted by Crippen LogP contribution is -2.41. The molecule has 0 atom stereocenters. The summed E-state index contributed by atoms with van der Waals surface area (Å²) in [7, 11) is 0. The van der Waals surface area contributed by atoms with Gasteiger partial charge in [-0.2, -0.15) is 5.26 Å². The van der Waals surface area contributed by atoms with Gasteiger partial charge in [0.15, 0.2) is 0 Å². The molecule has 0 radical (unpaired) electrons. The van der Waals surface area contributed by atoms with Crippen LogP contribution < -0.4 is 5.32 Å². The molecule has 0 aromatic heterocycles. The number of piperidine rings is 1. The lowest BCUT2D eigenvalue weighted by Gasteiger charge is -2.29. The number of rotatable bonds is 5. The Morgan fingerprint density at radius 3 is 2.58 bits per heavy atom. The maximum Gasteiger partial charge on any atom is 0.306 e. The summed E-state index contributed by atoms with van der Waals surface area (Å²) in [4.78, 5) is 24.4. The molecule has 1 heterocycles. The van der Waals surface area contributed by atoms with Crippen molar-refractivity contribution in [3.8, 4) is 6.07 Å². The summed E-state index contributed by atoms with van der Waals surface area (Å²) in [6.07, 6.45) is 3.24. The van der Waals surface area contributed by atoms with Crippen molar-refractivity contribution in [3.63, 3.8) is 0 Å². The van der Waals surface area contributed by atoms with Gasteiger partial charge in [0.2, 0.25) is 0 Å². The fraction of sp³-hybridized carbons (Fsp3) is 0.615. The third kappa shape index (κ3) is 4.28. The summed E-state index contributed by atoms with van der Waals surface area (Å²) in [6, 6.07) is 1.88. The Morgan fingerprint density at radius 2 is 2.11 bits per heavy atom. The van der Waals surface area contributed by atoms with Crippen molar-refractivity contribution in [2.75, 3.05) is 19.6 Å². The highest BCUT2D eigenvalue weighted by molar-refractivity contribution is 5.97. The minimum Gasteiger partial charge on any atom is -0.481 e. The molecule has 6 heteroatoms. The number of amides is 1. The zero-order valence-electron chi connectivity index (χ0n) is 11.1. The number of carbonyl (C=O) groups excluding carboxylic acids is 1. The van der Waals surface area contributed by atoms with Crippen molar-refractivity contribution >= 4 is 11.9 Å². The second kappa shape index (κ2) is 7.41. The van der Waals surface area contributed by atoms with Gasteiger partial charge in [0.05, 0.1) is 5.92 Å². The van der Waals surface area contributed by atoms with Crippen molar-refractivity contribution in [1.82, 2.24) is 10.2 Å². The number of nitriles is 1. The molecular formula is C13H19N3O3. The summed E-state index contributed by atoms with van der Waals surface area (Å²) in [5, 5.41) is 20.8. The molecule has 0 spiro atoms. The number of hydrogen-bond acceptors (Lipinski definition) is 4. The van der Waals surface area contributed by atoms with Crippen LogP contribution in [-0.4, -0.2) is 41.5 Å². The van der Waals surface area contributed by atoms with Crippen molar-refractivity contribution < 1.29 is 14.7 Å². The molecule has 0 unspecified atom stereocenters. The molecule has 1 aliphatic rings. The van der Waals surface area contributed by atoms with E-state index >= 15 is 0 Å². The van der Waals surface area contributed by atoms with Gasteiger partial charge in [0.1, 0.15) is 11.6 Å². The molecule has 104 valence electrons. The van der Waals surface area contributed by atoms with Gasteiger partial charge >= 0.3 is 5.97 Å². The largest absolute Gasteiger partial charge is 0.481 e. The molecule has 0 aromatic rings. The minimum absolute atomic E-state index is 0.0715. The van der Waals surface area contributed by atoms with Crippen LogP contribution in [0.15, 0.2) is 11.8 Å². The Bertz CT molecular complexity index is 404. The van der Waals surface area contributed by atoms with Crippen LogP contribution in [0.1, 0.15) is 26.2 Å². The van der Waals surface area contributed by atoms with Gasteiger partial charge in [-0.05, 0) is 19.3 Å². The second-order valence-electron chi connectivity index (χ2n) is 4.53. The van der Waals surface area contributed by atoms with E-state index in [0.29, 0.717) is 32.5 Å². The van der Waals surface area contributed by atoms with Crippen molar-refractivity contribution in [3.05, 3.63) is 11.8 Å². The van der Waals surface area contributed by atoms with Crippen molar-refractivity contribution in [2.45, 2.75) is 26.2 Å². The predicted molar refractivity (Wildman–Crippen MR) is 68.9 cm³/mol. The molecule has 19 heavy (non-hydrogen) atoms. The molecule has 1 saturated heterocycles. The number of nitrogens with one attached hydrogen (secondary N) is 1. The Morgan fingerprint density at radius 1 is 1.47 bits per heavy atom. The van der Waals surface area contributed by atoms with E-state index in [2.05, 4.69) is 5.32 Å². The SMILES string of the molecule is CCCN/C=C(/C#N)C(=O)N1CCC(C(=O)O)CC1. The van der Waals surface area contributed by atoms with Crippen LogP contribution in [0, 0.1) is 17.2 Å². The lowest BCUT2D eigenvalue weighted by molar-refractivity contribution is -0.145. The fourth-order valence-corrected chi connectivity index (χ4v) is 1.96. The highest BCUT2D eigenvalue weighted by Gasteiger charge is 2.28. The van der Waals surface area contributed by atoms with E-state index in [-0.39, 0.29) is 17.4 Å². The average Bonchev–Trinajstić information content (AvgIpc) is 2.43. The minimum atomic E-state index is -0.812. The maximum absolute atomic E-state index is 12.0. The predicted octanol–water partition coefficient (Wildman–Crippen LogP) is 0.717. The van der Waals surface area contributed by atoms with E-state index in [9.17, 15) is 9.59 Å². The van der Waals surface area contributed by atoms with Crippen LogP contribution in [0.3, 0.4) is 0 Å². The van der Waals surface area contributed by atoms with E-state index in [1.807, 2.05) is 13.0 Å². The Balaban J connectivity index is 2.56. The van der Waals surface area contributed by atoms with Crippen molar-refractivity contribution in [1.29, 1.82) is 5.26 Å². The Labute approximate surface area is 112 Å². The monoisotopic (exact) mass is 265 g/mol. The third-order valence-corrected chi connectivity index (χ3v) is 3.12. The summed E-state index contributed by atoms with van der Waals surface area (Å²) in [6.45, 7) is 3.48. The van der Waals surface area contributed by atoms with Gasteiger partial charge in [0, 0.05) is 25.8 Å². The molecule has 0 saturated carbocycles. The first-order chi connectivity index (χ1) is 9.10. The number of hydrogen-bond donors (Lipinski definition) is 2. The highest BCUT2D eigenvalue weighted by atomic mass is 16.4. The van der Waals surface area contributed by atoms with Gasteiger partial charge in [-0.25, -0.2) is 0 Å². The molecule has 2 N–H and O–H groups in total. The first-order valence-electron chi connectivity index (χ1n) is 6.45. The van der Waals surface area contributed by atoms with E-state index in [4.69, 9.17) is 10.4 Å². The normalized spacial score (nSPS) is 16.8. The zero-order valence-corrected chi connectivity index (χ0v) is 11.1. The summed E-state index contributed by atoms with van der Waals surface area (Å²) >= 11 is 0. The summed E-state index contributed by atoms with van der Waals surface area (Å²) < 4.78 is 0. The maximum atomic E-state index is 12.0. The van der Waals surface area contributed by atoms with Crippen LogP contribution in [0.2, 0.25) is 0 Å². The first-order valence-corrected chi connectivity index (χ1v) is 6.45.